The minimum atomic E-state index is 0. The van der Waals surface area contributed by atoms with E-state index in [0.717, 1.165) is 6.42 Å². The van der Waals surface area contributed by atoms with E-state index in [1.54, 1.807) is 0 Å². The van der Waals surface area contributed by atoms with E-state index in [1.165, 1.54) is 19.3 Å². The molecule has 3 heteroatoms. The Morgan fingerprint density at radius 2 is 1.78 bits per heavy atom. The van der Waals surface area contributed by atoms with Gasteiger partial charge in [-0.3, -0.25) is 0 Å². The zero-order valence-electron chi connectivity index (χ0n) is 5.62. The van der Waals surface area contributed by atoms with Gasteiger partial charge in [-0.1, -0.05) is 26.2 Å². The van der Waals surface area contributed by atoms with Crippen LogP contribution in [0.15, 0.2) is 0 Å². The first kappa shape index (κ1) is 12.8. The second-order valence-electron chi connectivity index (χ2n) is 1.98. The van der Waals surface area contributed by atoms with Crippen LogP contribution in [-0.2, 0) is 16.5 Å². The summed E-state index contributed by atoms with van der Waals surface area (Å²) in [5, 5.41) is 0. The predicted octanol–water partition coefficient (Wildman–Crippen LogP) is 2.75. The Morgan fingerprint density at radius 3 is 2.11 bits per heavy atom. The van der Waals surface area contributed by atoms with E-state index >= 15 is 0 Å². The quantitative estimate of drug-likeness (QED) is 0.302. The largest absolute Gasteiger partial charge is 0.165 e. The van der Waals surface area contributed by atoms with Crippen molar-refractivity contribution in [3.05, 3.63) is 0 Å². The van der Waals surface area contributed by atoms with Crippen LogP contribution in [0.3, 0.4) is 0 Å². The molecule has 0 N–H and O–H groups in total. The fourth-order valence-corrected chi connectivity index (χ4v) is 0.942. The molecule has 0 fully saturated rings. The summed E-state index contributed by atoms with van der Waals surface area (Å²) in [4.78, 5) is 0. The average Bonchev–Trinajstić information content (AvgIpc) is 1.66. The Hall–Kier alpha value is 1.19. The fraction of sp³-hybridized carbons (Fsp3) is 1.00. The van der Waals surface area contributed by atoms with Gasteiger partial charge in [-0.2, -0.15) is 25.3 Å². The van der Waals surface area contributed by atoms with Crippen molar-refractivity contribution in [1.82, 2.24) is 0 Å². The molecule has 0 bridgehead atoms. The van der Waals surface area contributed by atoms with Gasteiger partial charge in [0.15, 0.2) is 0 Å². The Kier molecular flexibility index (Phi) is 13.1. The molecule has 0 radical (unpaired) electrons. The Balaban J connectivity index is 0. The van der Waals surface area contributed by atoms with Crippen molar-refractivity contribution in [3.8, 4) is 0 Å². The second-order valence-corrected chi connectivity index (χ2v) is 3.63. The Bertz CT molecular complexity index is 48.3. The molecule has 60 valence electrons. The molecule has 0 atom stereocenters. The molecule has 0 aliphatic heterocycles. The van der Waals surface area contributed by atoms with Crippen molar-refractivity contribution in [2.24, 2.45) is 0 Å². The molecule has 0 unspecified atom stereocenters. The SMILES string of the molecule is CCCCCC(S)S.[Ni]. The van der Waals surface area contributed by atoms with Gasteiger partial charge in [-0.15, -0.1) is 0 Å². The third-order valence-corrected chi connectivity index (χ3v) is 1.58. The number of thiol groups is 2. The number of unbranched alkanes of at least 4 members (excludes halogenated alkanes) is 2. The summed E-state index contributed by atoms with van der Waals surface area (Å²) in [6.07, 6.45) is 5.01. The van der Waals surface area contributed by atoms with Crippen LogP contribution in [0.1, 0.15) is 32.6 Å². The van der Waals surface area contributed by atoms with Gasteiger partial charge in [0.25, 0.3) is 0 Å². The summed E-state index contributed by atoms with van der Waals surface area (Å²) in [6.45, 7) is 2.20. The van der Waals surface area contributed by atoms with E-state index in [4.69, 9.17) is 0 Å². The number of hydrogen-bond acceptors (Lipinski definition) is 2. The summed E-state index contributed by atoms with van der Waals surface area (Å²) in [5.41, 5.74) is 0. The smallest absolute Gasteiger partial charge is 0.0442 e. The zero-order chi connectivity index (χ0) is 6.41. The van der Waals surface area contributed by atoms with Crippen molar-refractivity contribution in [2.45, 2.75) is 37.2 Å². The molecule has 0 heterocycles. The summed E-state index contributed by atoms with van der Waals surface area (Å²) in [5.74, 6) is 0. The zero-order valence-corrected chi connectivity index (χ0v) is 8.39. The van der Waals surface area contributed by atoms with E-state index in [9.17, 15) is 0 Å². The van der Waals surface area contributed by atoms with Crippen LogP contribution in [0.25, 0.3) is 0 Å². The van der Waals surface area contributed by atoms with Gasteiger partial charge in [0.1, 0.15) is 0 Å². The third kappa shape index (κ3) is 12.4. The van der Waals surface area contributed by atoms with Gasteiger partial charge < -0.3 is 0 Å². The van der Waals surface area contributed by atoms with Crippen molar-refractivity contribution < 1.29 is 16.5 Å². The molecule has 0 aromatic heterocycles. The molecule has 0 aliphatic rings. The van der Waals surface area contributed by atoms with Crippen molar-refractivity contribution in [1.29, 1.82) is 0 Å². The maximum absolute atomic E-state index is 4.14. The van der Waals surface area contributed by atoms with Crippen molar-refractivity contribution in [3.63, 3.8) is 0 Å². The summed E-state index contributed by atoms with van der Waals surface area (Å²) >= 11 is 8.27. The number of rotatable bonds is 4. The normalized spacial score (nSPS) is 9.33. The average molecular weight is 209 g/mol. The molecule has 0 saturated carbocycles. The van der Waals surface area contributed by atoms with Gasteiger partial charge in [0, 0.05) is 21.1 Å². The van der Waals surface area contributed by atoms with E-state index in [0.29, 0.717) is 4.58 Å². The topological polar surface area (TPSA) is 0 Å². The van der Waals surface area contributed by atoms with Gasteiger partial charge in [0.2, 0.25) is 0 Å². The van der Waals surface area contributed by atoms with Crippen LogP contribution < -0.4 is 0 Å². The van der Waals surface area contributed by atoms with Gasteiger partial charge >= 0.3 is 0 Å². The van der Waals surface area contributed by atoms with Crippen LogP contribution in [-0.4, -0.2) is 4.58 Å². The second kappa shape index (κ2) is 9.19. The molecule has 0 spiro atoms. The molecule has 0 amide bonds. The van der Waals surface area contributed by atoms with Crippen molar-refractivity contribution >= 4 is 25.3 Å². The van der Waals surface area contributed by atoms with Crippen LogP contribution in [0.4, 0.5) is 0 Å². The van der Waals surface area contributed by atoms with E-state index in [1.807, 2.05) is 0 Å². The first-order valence-electron chi connectivity index (χ1n) is 3.13. The summed E-state index contributed by atoms with van der Waals surface area (Å²) < 4.78 is 0.293. The molecule has 0 aromatic rings. The first-order valence-corrected chi connectivity index (χ1v) is 4.16. The minimum absolute atomic E-state index is 0. The molecule has 0 rings (SSSR count). The van der Waals surface area contributed by atoms with Crippen LogP contribution in [0.2, 0.25) is 0 Å². The van der Waals surface area contributed by atoms with E-state index in [2.05, 4.69) is 32.2 Å². The molecule has 0 nitrogen and oxygen atoms in total. The minimum Gasteiger partial charge on any atom is -0.165 e. The summed E-state index contributed by atoms with van der Waals surface area (Å²) in [6, 6.07) is 0. The first-order chi connectivity index (χ1) is 3.77. The molecule has 0 aromatic carbocycles. The van der Waals surface area contributed by atoms with Gasteiger partial charge in [0.05, 0.1) is 0 Å². The van der Waals surface area contributed by atoms with Gasteiger partial charge in [-0.05, 0) is 6.42 Å². The van der Waals surface area contributed by atoms with E-state index < -0.39 is 0 Å². The van der Waals surface area contributed by atoms with Crippen molar-refractivity contribution in [2.75, 3.05) is 0 Å². The van der Waals surface area contributed by atoms with Crippen LogP contribution in [0.5, 0.6) is 0 Å². The third-order valence-electron chi connectivity index (χ3n) is 1.07. The molecule has 0 saturated heterocycles. The van der Waals surface area contributed by atoms with Crippen LogP contribution in [0, 0.1) is 0 Å². The molecular formula is C6H14NiS2. The molecule has 0 aliphatic carbocycles. The molecule has 9 heavy (non-hydrogen) atoms. The monoisotopic (exact) mass is 208 g/mol. The Morgan fingerprint density at radius 1 is 1.22 bits per heavy atom. The maximum atomic E-state index is 4.14. The maximum Gasteiger partial charge on any atom is 0.0442 e. The predicted molar refractivity (Wildman–Crippen MR) is 45.9 cm³/mol. The fourth-order valence-electron chi connectivity index (χ4n) is 0.577. The standard InChI is InChI=1S/C6H14S2.Ni/c1-2-3-4-5-6(7)8;/h6-8H,2-5H2,1H3;. The number of hydrogen-bond donors (Lipinski definition) is 2. The van der Waals surface area contributed by atoms with Gasteiger partial charge in [-0.25, -0.2) is 0 Å². The summed E-state index contributed by atoms with van der Waals surface area (Å²) in [7, 11) is 0. The van der Waals surface area contributed by atoms with Crippen LogP contribution >= 0.6 is 25.3 Å². The van der Waals surface area contributed by atoms with E-state index in [-0.39, 0.29) is 16.5 Å². The Labute approximate surface area is 78.9 Å². The molecular weight excluding hydrogens is 195 g/mol.